The van der Waals surface area contributed by atoms with Gasteiger partial charge in [-0.05, 0) is 32.6 Å². The number of rotatable bonds is 5. The molecule has 1 aliphatic carbocycles. The molecule has 6 heteroatoms. The topological polar surface area (TPSA) is 83.4 Å². The van der Waals surface area contributed by atoms with E-state index in [1.165, 1.54) is 0 Å². The van der Waals surface area contributed by atoms with Crippen LogP contribution in [0.25, 0.3) is 0 Å². The molecule has 0 radical (unpaired) electrons. The summed E-state index contributed by atoms with van der Waals surface area (Å²) in [6.07, 6.45) is 4.17. The van der Waals surface area contributed by atoms with Gasteiger partial charge in [0.1, 0.15) is 12.2 Å². The Labute approximate surface area is 94.1 Å². The fourth-order valence-electron chi connectivity index (χ4n) is 2.22. The van der Waals surface area contributed by atoms with Crippen molar-refractivity contribution < 1.29 is 14.1 Å². The lowest BCUT2D eigenvalue weighted by Crippen LogP contribution is -2.27. The highest BCUT2D eigenvalue weighted by Crippen LogP contribution is 2.40. The zero-order chi connectivity index (χ0) is 11.4. The average molecular weight is 227 g/mol. The molecule has 0 saturated heterocycles. The van der Waals surface area contributed by atoms with Gasteiger partial charge in [0.2, 0.25) is 5.82 Å². The first-order valence-electron chi connectivity index (χ1n) is 5.59. The predicted molar refractivity (Wildman–Crippen MR) is 55.0 cm³/mol. The van der Waals surface area contributed by atoms with Crippen molar-refractivity contribution in [2.24, 2.45) is 5.90 Å². The number of hydrogen-bond acceptors (Lipinski definition) is 6. The lowest BCUT2D eigenvalue weighted by atomic mass is 10.0. The first-order valence-corrected chi connectivity index (χ1v) is 5.59. The summed E-state index contributed by atoms with van der Waals surface area (Å²) < 4.78 is 10.9. The lowest BCUT2D eigenvalue weighted by Gasteiger charge is -2.24. The van der Waals surface area contributed by atoms with Crippen LogP contribution in [-0.4, -0.2) is 16.7 Å². The molecule has 0 spiro atoms. The molecule has 1 aromatic heterocycles. The summed E-state index contributed by atoms with van der Waals surface area (Å²) >= 11 is 0. The molecule has 16 heavy (non-hydrogen) atoms. The Kier molecular flexibility index (Phi) is 3.52. The van der Waals surface area contributed by atoms with E-state index in [9.17, 15) is 0 Å². The molecule has 0 atom stereocenters. The van der Waals surface area contributed by atoms with Gasteiger partial charge in [0.25, 0.3) is 5.89 Å². The molecule has 1 aliphatic rings. The van der Waals surface area contributed by atoms with E-state index in [1.807, 2.05) is 6.92 Å². The smallest absolute Gasteiger partial charge is 0.254 e. The first-order chi connectivity index (χ1) is 7.80. The Balaban J connectivity index is 2.18. The van der Waals surface area contributed by atoms with Crippen LogP contribution in [0.5, 0.6) is 0 Å². The van der Waals surface area contributed by atoms with Crippen LogP contribution in [0.3, 0.4) is 0 Å². The van der Waals surface area contributed by atoms with Gasteiger partial charge in [-0.2, -0.15) is 4.98 Å². The van der Waals surface area contributed by atoms with Crippen LogP contribution in [0.2, 0.25) is 0 Å². The number of aromatic nitrogens is 2. The van der Waals surface area contributed by atoms with Crippen LogP contribution in [0.15, 0.2) is 4.52 Å². The average Bonchev–Trinajstić information content (AvgIpc) is 2.88. The van der Waals surface area contributed by atoms with Crippen LogP contribution in [0.1, 0.15) is 44.3 Å². The van der Waals surface area contributed by atoms with Gasteiger partial charge in [-0.15, -0.1) is 0 Å². The number of hydrogen-bond donors (Lipinski definition) is 1. The Bertz CT molecular complexity index is 334. The van der Waals surface area contributed by atoms with Crippen LogP contribution in [0.4, 0.5) is 0 Å². The molecular weight excluding hydrogens is 210 g/mol. The minimum atomic E-state index is -0.356. The molecule has 1 aromatic rings. The summed E-state index contributed by atoms with van der Waals surface area (Å²) in [6, 6.07) is 0. The van der Waals surface area contributed by atoms with E-state index in [0.29, 0.717) is 18.3 Å². The summed E-state index contributed by atoms with van der Waals surface area (Å²) in [5, 5.41) is 3.96. The van der Waals surface area contributed by atoms with E-state index in [4.69, 9.17) is 15.2 Å². The monoisotopic (exact) mass is 227 g/mol. The van der Waals surface area contributed by atoms with Gasteiger partial charge in [-0.1, -0.05) is 5.16 Å². The van der Waals surface area contributed by atoms with Gasteiger partial charge in [-0.25, -0.2) is 5.90 Å². The fraction of sp³-hybridized carbons (Fsp3) is 0.800. The normalized spacial score (nSPS) is 19.1. The molecule has 2 N–H and O–H groups in total. The number of ether oxygens (including phenoxy) is 1. The van der Waals surface area contributed by atoms with Crippen molar-refractivity contribution in [1.82, 2.24) is 10.1 Å². The summed E-state index contributed by atoms with van der Waals surface area (Å²) in [5.41, 5.74) is -0.356. The highest BCUT2D eigenvalue weighted by Gasteiger charge is 2.40. The molecule has 0 aromatic carbocycles. The van der Waals surface area contributed by atoms with Crippen molar-refractivity contribution >= 4 is 0 Å². The van der Waals surface area contributed by atoms with Crippen molar-refractivity contribution in [2.45, 2.75) is 44.8 Å². The van der Waals surface area contributed by atoms with Crippen LogP contribution < -0.4 is 5.90 Å². The van der Waals surface area contributed by atoms with E-state index in [1.54, 1.807) is 0 Å². The minimum Gasteiger partial charge on any atom is -0.367 e. The van der Waals surface area contributed by atoms with Crippen molar-refractivity contribution in [2.75, 3.05) is 6.61 Å². The number of nitrogens with two attached hydrogens (primary N) is 1. The fourth-order valence-corrected chi connectivity index (χ4v) is 2.22. The first kappa shape index (κ1) is 11.5. The Morgan fingerprint density at radius 3 is 2.81 bits per heavy atom. The van der Waals surface area contributed by atoms with Crippen molar-refractivity contribution in [3.05, 3.63) is 11.7 Å². The Morgan fingerprint density at radius 1 is 1.44 bits per heavy atom. The highest BCUT2D eigenvalue weighted by molar-refractivity contribution is 5.04. The minimum absolute atomic E-state index is 0.134. The van der Waals surface area contributed by atoms with Crippen molar-refractivity contribution in [3.63, 3.8) is 0 Å². The predicted octanol–water partition coefficient (Wildman–Crippen LogP) is 1.27. The zero-order valence-electron chi connectivity index (χ0n) is 9.44. The second-order valence-electron chi connectivity index (χ2n) is 3.96. The van der Waals surface area contributed by atoms with E-state index in [0.717, 1.165) is 25.7 Å². The SMILES string of the molecule is CCOC1(c2noc(CON)n2)CCCC1. The molecule has 2 rings (SSSR count). The summed E-state index contributed by atoms with van der Waals surface area (Å²) in [5.74, 6) is 5.97. The Hall–Kier alpha value is -0.980. The largest absolute Gasteiger partial charge is 0.367 e. The standard InChI is InChI=1S/C10H17N3O3/c1-2-14-10(5-3-4-6-10)9-12-8(7-15-11)16-13-9/h2-7,11H2,1H3. The van der Waals surface area contributed by atoms with Crippen LogP contribution in [-0.2, 0) is 21.8 Å². The molecule has 0 aliphatic heterocycles. The van der Waals surface area contributed by atoms with Crippen LogP contribution >= 0.6 is 0 Å². The van der Waals surface area contributed by atoms with E-state index in [-0.39, 0.29) is 12.2 Å². The van der Waals surface area contributed by atoms with Gasteiger partial charge >= 0.3 is 0 Å². The number of nitrogens with zero attached hydrogens (tertiary/aromatic N) is 2. The molecule has 0 unspecified atom stereocenters. The molecule has 1 fully saturated rings. The van der Waals surface area contributed by atoms with E-state index < -0.39 is 0 Å². The second-order valence-corrected chi connectivity index (χ2v) is 3.96. The molecule has 0 bridgehead atoms. The van der Waals surface area contributed by atoms with Gasteiger partial charge < -0.3 is 9.26 Å². The zero-order valence-corrected chi connectivity index (χ0v) is 9.44. The van der Waals surface area contributed by atoms with E-state index in [2.05, 4.69) is 15.0 Å². The molecule has 90 valence electrons. The Morgan fingerprint density at radius 2 is 2.19 bits per heavy atom. The second kappa shape index (κ2) is 4.90. The molecule has 6 nitrogen and oxygen atoms in total. The highest BCUT2D eigenvalue weighted by atomic mass is 16.6. The maximum absolute atomic E-state index is 5.81. The third kappa shape index (κ3) is 2.09. The van der Waals surface area contributed by atoms with Crippen LogP contribution in [0, 0.1) is 0 Å². The molecule has 1 saturated carbocycles. The maximum atomic E-state index is 5.81. The van der Waals surface area contributed by atoms with Gasteiger partial charge in [0.05, 0.1) is 0 Å². The van der Waals surface area contributed by atoms with Gasteiger partial charge in [0, 0.05) is 6.61 Å². The summed E-state index contributed by atoms with van der Waals surface area (Å²) in [6.45, 7) is 2.76. The third-order valence-corrected chi connectivity index (χ3v) is 2.91. The van der Waals surface area contributed by atoms with Gasteiger partial charge in [0.15, 0.2) is 0 Å². The molecule has 1 heterocycles. The van der Waals surface area contributed by atoms with Crippen molar-refractivity contribution in [1.29, 1.82) is 0 Å². The lowest BCUT2D eigenvalue weighted by molar-refractivity contribution is -0.0469. The summed E-state index contributed by atoms with van der Waals surface area (Å²) in [7, 11) is 0. The third-order valence-electron chi connectivity index (χ3n) is 2.91. The molecule has 0 amide bonds. The van der Waals surface area contributed by atoms with Gasteiger partial charge in [-0.3, -0.25) is 4.84 Å². The maximum Gasteiger partial charge on any atom is 0.254 e. The molecular formula is C10H17N3O3. The quantitative estimate of drug-likeness (QED) is 0.762. The summed E-state index contributed by atoms with van der Waals surface area (Å²) in [4.78, 5) is 8.72. The van der Waals surface area contributed by atoms with Crippen molar-refractivity contribution in [3.8, 4) is 0 Å². The van der Waals surface area contributed by atoms with E-state index >= 15 is 0 Å².